The maximum absolute atomic E-state index is 12.6. The standard InChI is InChI=1S/C18H25N7O2/c1-22-10-15(8-21-22)25-6-5-24(11-18(25)27)17-7-16(19-13-20-17)23-4-2-3-14(9-23)12-26/h7-8,10,13-14,26H,2-6,9,11-12H2,1H3. The van der Waals surface area contributed by atoms with E-state index in [4.69, 9.17) is 0 Å². The number of amides is 1. The third-order valence-electron chi connectivity index (χ3n) is 5.29. The van der Waals surface area contributed by atoms with E-state index in [1.54, 1.807) is 22.1 Å². The zero-order valence-corrected chi connectivity index (χ0v) is 15.5. The van der Waals surface area contributed by atoms with Gasteiger partial charge in [-0.3, -0.25) is 9.48 Å². The molecule has 0 spiro atoms. The molecule has 4 heterocycles. The number of nitrogens with zero attached hydrogens (tertiary/aromatic N) is 7. The Morgan fingerprint density at radius 3 is 2.70 bits per heavy atom. The molecule has 2 saturated heterocycles. The van der Waals surface area contributed by atoms with Crippen LogP contribution in [0.1, 0.15) is 12.8 Å². The maximum atomic E-state index is 12.6. The molecule has 1 amide bonds. The van der Waals surface area contributed by atoms with E-state index in [0.29, 0.717) is 19.0 Å². The monoisotopic (exact) mass is 371 g/mol. The Hall–Kier alpha value is -2.68. The van der Waals surface area contributed by atoms with Crippen molar-refractivity contribution in [3.05, 3.63) is 24.8 Å². The summed E-state index contributed by atoms with van der Waals surface area (Å²) in [6.45, 7) is 3.53. The number of piperazine rings is 1. The minimum atomic E-state index is 0.0349. The van der Waals surface area contributed by atoms with Crippen molar-refractivity contribution < 1.29 is 9.90 Å². The molecule has 144 valence electrons. The Bertz CT molecular complexity index is 809. The van der Waals surface area contributed by atoms with Crippen molar-refractivity contribution in [3.63, 3.8) is 0 Å². The van der Waals surface area contributed by atoms with E-state index in [0.717, 1.165) is 43.3 Å². The summed E-state index contributed by atoms with van der Waals surface area (Å²) in [4.78, 5) is 27.4. The van der Waals surface area contributed by atoms with Gasteiger partial charge in [-0.25, -0.2) is 9.97 Å². The van der Waals surface area contributed by atoms with Crippen LogP contribution in [0.25, 0.3) is 0 Å². The zero-order valence-electron chi connectivity index (χ0n) is 15.5. The smallest absolute Gasteiger partial charge is 0.246 e. The van der Waals surface area contributed by atoms with E-state index in [9.17, 15) is 9.90 Å². The summed E-state index contributed by atoms with van der Waals surface area (Å²) in [6.07, 6.45) is 7.22. The molecule has 0 aliphatic carbocycles. The van der Waals surface area contributed by atoms with Crippen LogP contribution < -0.4 is 14.7 Å². The third-order valence-corrected chi connectivity index (χ3v) is 5.29. The van der Waals surface area contributed by atoms with Crippen LogP contribution in [0.15, 0.2) is 24.8 Å². The molecule has 2 aliphatic rings. The Morgan fingerprint density at radius 1 is 1.19 bits per heavy atom. The summed E-state index contributed by atoms with van der Waals surface area (Å²) in [7, 11) is 1.84. The lowest BCUT2D eigenvalue weighted by Crippen LogP contribution is -2.51. The van der Waals surface area contributed by atoms with Gasteiger partial charge in [0.25, 0.3) is 0 Å². The Kier molecular flexibility index (Phi) is 4.93. The number of aliphatic hydroxyl groups is 1. The van der Waals surface area contributed by atoms with Gasteiger partial charge in [0.05, 0.1) is 18.4 Å². The summed E-state index contributed by atoms with van der Waals surface area (Å²) >= 11 is 0. The van der Waals surface area contributed by atoms with Gasteiger partial charge in [0, 0.05) is 52.1 Å². The summed E-state index contributed by atoms with van der Waals surface area (Å²) < 4.78 is 1.70. The van der Waals surface area contributed by atoms with Gasteiger partial charge in [-0.2, -0.15) is 5.10 Å². The lowest BCUT2D eigenvalue weighted by Gasteiger charge is -2.35. The first-order valence-electron chi connectivity index (χ1n) is 9.36. The average molecular weight is 371 g/mol. The second-order valence-corrected chi connectivity index (χ2v) is 7.21. The maximum Gasteiger partial charge on any atom is 0.246 e. The van der Waals surface area contributed by atoms with Crippen molar-refractivity contribution in [2.24, 2.45) is 13.0 Å². The SMILES string of the molecule is Cn1cc(N2CCN(c3cc(N4CCCC(CO)C4)ncn3)CC2=O)cn1. The van der Waals surface area contributed by atoms with Crippen LogP contribution >= 0.6 is 0 Å². The first-order valence-corrected chi connectivity index (χ1v) is 9.36. The first-order chi connectivity index (χ1) is 13.1. The molecule has 1 atom stereocenters. The highest BCUT2D eigenvalue weighted by Crippen LogP contribution is 2.25. The van der Waals surface area contributed by atoms with Gasteiger partial charge in [0.2, 0.25) is 5.91 Å². The van der Waals surface area contributed by atoms with Gasteiger partial charge in [-0.1, -0.05) is 0 Å². The van der Waals surface area contributed by atoms with E-state index in [1.165, 1.54) is 0 Å². The number of aromatic nitrogens is 4. The molecule has 1 unspecified atom stereocenters. The Balaban J connectivity index is 1.46. The molecule has 0 saturated carbocycles. The predicted octanol–water partition coefficient (Wildman–Crippen LogP) is 0.272. The van der Waals surface area contributed by atoms with E-state index in [1.807, 2.05) is 24.2 Å². The van der Waals surface area contributed by atoms with Crippen LogP contribution in [-0.4, -0.2) is 70.1 Å². The summed E-state index contributed by atoms with van der Waals surface area (Å²) in [5, 5.41) is 13.6. The summed E-state index contributed by atoms with van der Waals surface area (Å²) in [6, 6.07) is 1.95. The molecular weight excluding hydrogens is 346 g/mol. The van der Waals surface area contributed by atoms with Gasteiger partial charge in [-0.15, -0.1) is 0 Å². The predicted molar refractivity (Wildman–Crippen MR) is 102 cm³/mol. The number of carbonyl (C=O) groups is 1. The van der Waals surface area contributed by atoms with Crippen molar-refractivity contribution in [3.8, 4) is 0 Å². The van der Waals surface area contributed by atoms with Gasteiger partial charge in [0.15, 0.2) is 0 Å². The number of carbonyl (C=O) groups excluding carboxylic acids is 1. The van der Waals surface area contributed by atoms with Gasteiger partial charge < -0.3 is 19.8 Å². The van der Waals surface area contributed by atoms with Crippen LogP contribution in [0.2, 0.25) is 0 Å². The van der Waals surface area contributed by atoms with Crippen molar-refractivity contribution in [1.82, 2.24) is 19.7 Å². The molecule has 2 aromatic heterocycles. The number of aliphatic hydroxyl groups excluding tert-OH is 1. The van der Waals surface area contributed by atoms with Crippen LogP contribution in [-0.2, 0) is 11.8 Å². The molecule has 0 bridgehead atoms. The Labute approximate surface area is 158 Å². The van der Waals surface area contributed by atoms with Gasteiger partial charge in [0.1, 0.15) is 18.0 Å². The van der Waals surface area contributed by atoms with Crippen molar-refractivity contribution >= 4 is 23.2 Å². The van der Waals surface area contributed by atoms with Crippen LogP contribution in [0, 0.1) is 5.92 Å². The molecule has 1 N–H and O–H groups in total. The molecule has 2 aromatic rings. The molecule has 9 heteroatoms. The van der Waals surface area contributed by atoms with Crippen molar-refractivity contribution in [2.75, 3.05) is 54.0 Å². The number of anilines is 3. The highest BCUT2D eigenvalue weighted by atomic mass is 16.3. The number of piperidine rings is 1. The van der Waals surface area contributed by atoms with Crippen LogP contribution in [0.5, 0.6) is 0 Å². The fourth-order valence-electron chi connectivity index (χ4n) is 3.79. The molecule has 27 heavy (non-hydrogen) atoms. The minimum absolute atomic E-state index is 0.0349. The van der Waals surface area contributed by atoms with E-state index < -0.39 is 0 Å². The molecule has 2 aliphatic heterocycles. The quantitative estimate of drug-likeness (QED) is 0.825. The largest absolute Gasteiger partial charge is 0.396 e. The molecular formula is C18H25N7O2. The molecule has 4 rings (SSSR count). The van der Waals surface area contributed by atoms with E-state index in [2.05, 4.69) is 20.0 Å². The topological polar surface area (TPSA) is 90.6 Å². The summed E-state index contributed by atoms with van der Waals surface area (Å²) in [5.74, 6) is 1.96. The van der Waals surface area contributed by atoms with Crippen LogP contribution in [0.3, 0.4) is 0 Å². The second-order valence-electron chi connectivity index (χ2n) is 7.21. The molecule has 2 fully saturated rings. The number of aryl methyl sites for hydroxylation is 1. The normalized spacial score (nSPS) is 21.0. The van der Waals surface area contributed by atoms with E-state index >= 15 is 0 Å². The zero-order chi connectivity index (χ0) is 18.8. The molecule has 9 nitrogen and oxygen atoms in total. The number of hydrogen-bond acceptors (Lipinski definition) is 7. The third kappa shape index (κ3) is 3.73. The van der Waals surface area contributed by atoms with E-state index in [-0.39, 0.29) is 19.1 Å². The second kappa shape index (κ2) is 7.51. The molecule has 0 aromatic carbocycles. The minimum Gasteiger partial charge on any atom is -0.396 e. The molecule has 0 radical (unpaired) electrons. The first kappa shape index (κ1) is 17.7. The fourth-order valence-corrected chi connectivity index (χ4v) is 3.79. The lowest BCUT2D eigenvalue weighted by atomic mass is 9.99. The highest BCUT2D eigenvalue weighted by molar-refractivity contribution is 5.97. The van der Waals surface area contributed by atoms with Crippen LogP contribution in [0.4, 0.5) is 17.3 Å². The fraction of sp³-hybridized carbons (Fsp3) is 0.556. The van der Waals surface area contributed by atoms with Crippen molar-refractivity contribution in [2.45, 2.75) is 12.8 Å². The number of hydrogen-bond donors (Lipinski definition) is 1. The van der Waals surface area contributed by atoms with Gasteiger partial charge in [-0.05, 0) is 18.8 Å². The average Bonchev–Trinajstić information content (AvgIpc) is 3.14. The lowest BCUT2D eigenvalue weighted by molar-refractivity contribution is -0.117. The summed E-state index contributed by atoms with van der Waals surface area (Å²) in [5.41, 5.74) is 0.828. The Morgan fingerprint density at radius 2 is 2.00 bits per heavy atom. The number of rotatable bonds is 4. The van der Waals surface area contributed by atoms with Gasteiger partial charge >= 0.3 is 0 Å². The highest BCUT2D eigenvalue weighted by Gasteiger charge is 2.27. The van der Waals surface area contributed by atoms with Crippen molar-refractivity contribution in [1.29, 1.82) is 0 Å².